The van der Waals surface area contributed by atoms with Gasteiger partial charge in [0, 0.05) is 17.3 Å². The highest BCUT2D eigenvalue weighted by Crippen LogP contribution is 2.32. The van der Waals surface area contributed by atoms with Gasteiger partial charge in [-0.3, -0.25) is 0 Å². The minimum absolute atomic E-state index is 0.208. The third kappa shape index (κ3) is 2.88. The Labute approximate surface area is 138 Å². The molecule has 0 aromatic carbocycles. The monoisotopic (exact) mass is 326 g/mol. The zero-order valence-electron chi connectivity index (χ0n) is 13.0. The molecule has 0 unspecified atom stereocenters. The van der Waals surface area contributed by atoms with E-state index in [1.807, 2.05) is 41.1 Å². The molecule has 1 aliphatic carbocycles. The summed E-state index contributed by atoms with van der Waals surface area (Å²) in [6.45, 7) is 2.47. The van der Waals surface area contributed by atoms with Crippen molar-refractivity contribution in [1.82, 2.24) is 9.38 Å². The lowest BCUT2D eigenvalue weighted by atomic mass is 9.90. The third-order valence-electron chi connectivity index (χ3n) is 4.30. The van der Waals surface area contributed by atoms with Crippen LogP contribution < -0.4 is 0 Å². The van der Waals surface area contributed by atoms with E-state index in [1.54, 1.807) is 11.3 Å². The maximum atomic E-state index is 12.3. The Bertz CT molecular complexity index is 832. The zero-order chi connectivity index (χ0) is 15.8. The van der Waals surface area contributed by atoms with Crippen molar-refractivity contribution in [2.45, 2.75) is 32.8 Å². The van der Waals surface area contributed by atoms with Crippen LogP contribution in [0.15, 0.2) is 36.7 Å². The van der Waals surface area contributed by atoms with Crippen LogP contribution in [0.25, 0.3) is 5.65 Å². The summed E-state index contributed by atoms with van der Waals surface area (Å²) in [4.78, 5) is 18.8. The van der Waals surface area contributed by atoms with Crippen molar-refractivity contribution in [1.29, 1.82) is 0 Å². The number of hydrogen-bond donors (Lipinski definition) is 0. The van der Waals surface area contributed by atoms with Gasteiger partial charge in [-0.2, -0.15) is 0 Å². The van der Waals surface area contributed by atoms with E-state index in [4.69, 9.17) is 4.74 Å². The quantitative estimate of drug-likeness (QED) is 0.686. The van der Waals surface area contributed by atoms with Crippen LogP contribution in [-0.2, 0) is 24.2 Å². The zero-order valence-corrected chi connectivity index (χ0v) is 13.8. The molecule has 0 N–H and O–H groups in total. The van der Waals surface area contributed by atoms with Crippen molar-refractivity contribution >= 4 is 23.0 Å². The average Bonchev–Trinajstić information content (AvgIpc) is 3.15. The molecule has 0 saturated heterocycles. The van der Waals surface area contributed by atoms with Crippen molar-refractivity contribution in [3.05, 3.63) is 57.7 Å². The number of carbonyl (C=O) groups excluding carboxylic acids is 1. The molecule has 0 fully saturated rings. The predicted molar refractivity (Wildman–Crippen MR) is 89.8 cm³/mol. The standard InChI is InChI=1S/C18H18N2O2S/c1-12-5-6-15-13(8-12)9-16(23-15)18(21)22-11-14-10-20-7-3-2-4-17(20)19-14/h2-4,7,9-10,12H,5-6,8,11H2,1H3/t12-/m1/s1. The van der Waals surface area contributed by atoms with Crippen LogP contribution in [-0.4, -0.2) is 15.4 Å². The SMILES string of the molecule is C[C@@H]1CCc2sc(C(=O)OCc3cn4ccccc4n3)cc2C1. The molecule has 3 aromatic heterocycles. The van der Waals surface area contributed by atoms with Crippen LogP contribution in [0.3, 0.4) is 0 Å². The highest BCUT2D eigenvalue weighted by molar-refractivity contribution is 7.14. The van der Waals surface area contributed by atoms with E-state index in [-0.39, 0.29) is 12.6 Å². The number of ether oxygens (including phenoxy) is 1. The van der Waals surface area contributed by atoms with Crippen molar-refractivity contribution in [2.75, 3.05) is 0 Å². The van der Waals surface area contributed by atoms with Gasteiger partial charge in [0.25, 0.3) is 0 Å². The Hall–Kier alpha value is -2.14. The molecule has 1 aliphatic rings. The summed E-state index contributed by atoms with van der Waals surface area (Å²) in [6.07, 6.45) is 7.20. The first-order valence-corrected chi connectivity index (χ1v) is 8.72. The molecule has 118 valence electrons. The second-order valence-electron chi connectivity index (χ2n) is 6.18. The predicted octanol–water partition coefficient (Wildman–Crippen LogP) is 3.88. The van der Waals surface area contributed by atoms with Gasteiger partial charge in [-0.15, -0.1) is 11.3 Å². The van der Waals surface area contributed by atoms with Gasteiger partial charge >= 0.3 is 5.97 Å². The number of rotatable bonds is 3. The van der Waals surface area contributed by atoms with Gasteiger partial charge in [0.1, 0.15) is 17.1 Å². The van der Waals surface area contributed by atoms with Gasteiger partial charge in [0.2, 0.25) is 0 Å². The summed E-state index contributed by atoms with van der Waals surface area (Å²) in [5, 5.41) is 0. The summed E-state index contributed by atoms with van der Waals surface area (Å²) in [7, 11) is 0. The molecule has 3 heterocycles. The Morgan fingerprint density at radius 3 is 3.26 bits per heavy atom. The molecule has 0 saturated carbocycles. The highest BCUT2D eigenvalue weighted by atomic mass is 32.1. The number of thiophene rings is 1. The summed E-state index contributed by atoms with van der Waals surface area (Å²) < 4.78 is 7.37. The molecule has 1 atom stereocenters. The van der Waals surface area contributed by atoms with E-state index >= 15 is 0 Å². The number of aryl methyl sites for hydroxylation is 1. The van der Waals surface area contributed by atoms with Crippen LogP contribution in [0.1, 0.15) is 39.2 Å². The summed E-state index contributed by atoms with van der Waals surface area (Å²) in [5.74, 6) is 0.466. The van der Waals surface area contributed by atoms with Crippen LogP contribution in [0, 0.1) is 5.92 Å². The molecule has 5 heteroatoms. The fourth-order valence-electron chi connectivity index (χ4n) is 3.07. The van der Waals surface area contributed by atoms with Gasteiger partial charge < -0.3 is 9.14 Å². The molecule has 4 rings (SSSR count). The van der Waals surface area contributed by atoms with E-state index in [1.165, 1.54) is 16.9 Å². The highest BCUT2D eigenvalue weighted by Gasteiger charge is 2.21. The van der Waals surface area contributed by atoms with Gasteiger partial charge in [0.15, 0.2) is 0 Å². The molecule has 0 bridgehead atoms. The topological polar surface area (TPSA) is 43.6 Å². The van der Waals surface area contributed by atoms with E-state index in [0.717, 1.165) is 24.2 Å². The Kier molecular flexibility index (Phi) is 3.65. The van der Waals surface area contributed by atoms with Crippen molar-refractivity contribution in [3.8, 4) is 0 Å². The molecular formula is C18H18N2O2S. The molecule has 0 amide bonds. The van der Waals surface area contributed by atoms with Crippen LogP contribution in [0.4, 0.5) is 0 Å². The van der Waals surface area contributed by atoms with Gasteiger partial charge in [-0.05, 0) is 48.9 Å². The number of hydrogen-bond acceptors (Lipinski definition) is 4. The maximum absolute atomic E-state index is 12.3. The number of fused-ring (bicyclic) bond motifs is 2. The number of esters is 1. The Balaban J connectivity index is 1.45. The van der Waals surface area contributed by atoms with Crippen LogP contribution in [0.5, 0.6) is 0 Å². The second-order valence-corrected chi connectivity index (χ2v) is 7.32. The normalized spacial score (nSPS) is 17.2. The van der Waals surface area contributed by atoms with Crippen molar-refractivity contribution in [2.24, 2.45) is 5.92 Å². The van der Waals surface area contributed by atoms with E-state index < -0.39 is 0 Å². The maximum Gasteiger partial charge on any atom is 0.348 e. The second kappa shape index (κ2) is 5.81. The summed E-state index contributed by atoms with van der Waals surface area (Å²) in [5.41, 5.74) is 2.95. The molecule has 0 radical (unpaired) electrons. The fourth-order valence-corrected chi connectivity index (χ4v) is 4.18. The first-order chi connectivity index (χ1) is 11.2. The largest absolute Gasteiger partial charge is 0.455 e. The lowest BCUT2D eigenvalue weighted by Gasteiger charge is -2.16. The number of nitrogens with zero attached hydrogens (tertiary/aromatic N) is 2. The van der Waals surface area contributed by atoms with E-state index in [0.29, 0.717) is 10.8 Å². The lowest BCUT2D eigenvalue weighted by Crippen LogP contribution is -2.08. The molecule has 0 spiro atoms. The average molecular weight is 326 g/mol. The van der Waals surface area contributed by atoms with Crippen molar-refractivity contribution < 1.29 is 9.53 Å². The first-order valence-electron chi connectivity index (χ1n) is 7.90. The number of pyridine rings is 1. The summed E-state index contributed by atoms with van der Waals surface area (Å²) in [6, 6.07) is 7.83. The van der Waals surface area contributed by atoms with Gasteiger partial charge in [-0.1, -0.05) is 13.0 Å². The summed E-state index contributed by atoms with van der Waals surface area (Å²) >= 11 is 1.59. The molecular weight excluding hydrogens is 308 g/mol. The van der Waals surface area contributed by atoms with Crippen LogP contribution >= 0.6 is 11.3 Å². The number of carbonyl (C=O) groups is 1. The van der Waals surface area contributed by atoms with Gasteiger partial charge in [-0.25, -0.2) is 9.78 Å². The first kappa shape index (κ1) is 14.5. The Morgan fingerprint density at radius 2 is 2.39 bits per heavy atom. The minimum atomic E-state index is -0.242. The molecule has 4 nitrogen and oxygen atoms in total. The van der Waals surface area contributed by atoms with Crippen LogP contribution in [0.2, 0.25) is 0 Å². The number of imidazole rings is 1. The fraction of sp³-hybridized carbons (Fsp3) is 0.333. The molecule has 23 heavy (non-hydrogen) atoms. The minimum Gasteiger partial charge on any atom is -0.455 e. The lowest BCUT2D eigenvalue weighted by molar-refractivity contribution is 0.0474. The van der Waals surface area contributed by atoms with Crippen molar-refractivity contribution in [3.63, 3.8) is 0 Å². The molecule has 3 aromatic rings. The van der Waals surface area contributed by atoms with Gasteiger partial charge in [0.05, 0.1) is 5.69 Å². The van der Waals surface area contributed by atoms with E-state index in [9.17, 15) is 4.79 Å². The smallest absolute Gasteiger partial charge is 0.348 e. The van der Waals surface area contributed by atoms with E-state index in [2.05, 4.69) is 11.9 Å². The number of aromatic nitrogens is 2. The third-order valence-corrected chi connectivity index (χ3v) is 5.51. The molecule has 0 aliphatic heterocycles. The Morgan fingerprint density at radius 1 is 1.48 bits per heavy atom.